The minimum absolute atomic E-state index is 0.559. The van der Waals surface area contributed by atoms with E-state index in [2.05, 4.69) is 9.98 Å². The molecule has 1 aromatic heterocycles. The molecule has 0 radical (unpaired) electrons. The molecule has 0 saturated heterocycles. The van der Waals surface area contributed by atoms with Gasteiger partial charge in [0, 0.05) is 18.5 Å². The summed E-state index contributed by atoms with van der Waals surface area (Å²) in [6.45, 7) is 0. The van der Waals surface area contributed by atoms with Gasteiger partial charge in [-0.25, -0.2) is 4.98 Å². The van der Waals surface area contributed by atoms with Crippen molar-refractivity contribution in [3.8, 4) is 11.6 Å². The first-order chi connectivity index (χ1) is 8.83. The van der Waals surface area contributed by atoms with E-state index in [0.717, 1.165) is 17.0 Å². The normalized spacial score (nSPS) is 10.6. The van der Waals surface area contributed by atoms with Crippen LogP contribution in [0.2, 0.25) is 0 Å². The Morgan fingerprint density at radius 3 is 2.78 bits per heavy atom. The summed E-state index contributed by atoms with van der Waals surface area (Å²) in [7, 11) is 3.22. The van der Waals surface area contributed by atoms with Crippen LogP contribution < -0.4 is 9.47 Å². The molecule has 2 aromatic rings. The van der Waals surface area contributed by atoms with E-state index < -0.39 is 0 Å². The number of nitrogens with zero attached hydrogens (tertiary/aromatic N) is 2. The lowest BCUT2D eigenvalue weighted by molar-refractivity contribution is 0.397. The third kappa shape index (κ3) is 2.85. The van der Waals surface area contributed by atoms with Gasteiger partial charge in [0.2, 0.25) is 5.88 Å². The van der Waals surface area contributed by atoms with Crippen molar-refractivity contribution in [3.63, 3.8) is 0 Å². The molecule has 92 valence electrons. The van der Waals surface area contributed by atoms with Crippen LogP contribution in [0, 0.1) is 0 Å². The van der Waals surface area contributed by atoms with Crippen molar-refractivity contribution in [1.29, 1.82) is 0 Å². The average Bonchev–Trinajstić information content (AvgIpc) is 2.45. The number of aliphatic imine (C=N–C) groups is 1. The van der Waals surface area contributed by atoms with E-state index in [9.17, 15) is 0 Å². The van der Waals surface area contributed by atoms with Gasteiger partial charge in [-0.2, -0.15) is 0 Å². The van der Waals surface area contributed by atoms with Crippen molar-refractivity contribution in [2.75, 3.05) is 14.2 Å². The minimum atomic E-state index is 0.559. The topological polar surface area (TPSA) is 43.7 Å². The Bertz CT molecular complexity index is 553. The molecule has 1 aromatic carbocycles. The third-order valence-electron chi connectivity index (χ3n) is 2.40. The van der Waals surface area contributed by atoms with Crippen molar-refractivity contribution in [2.24, 2.45) is 4.99 Å². The highest BCUT2D eigenvalue weighted by atomic mass is 16.5. The number of methoxy groups -OCH3 is 2. The second kappa shape index (κ2) is 5.82. The molecule has 0 atom stereocenters. The molecule has 0 unspecified atom stereocenters. The highest BCUT2D eigenvalue weighted by Gasteiger charge is 1.99. The minimum Gasteiger partial charge on any atom is -0.497 e. The van der Waals surface area contributed by atoms with Gasteiger partial charge in [0.15, 0.2) is 0 Å². The predicted molar refractivity (Wildman–Crippen MR) is 71.0 cm³/mol. The quantitative estimate of drug-likeness (QED) is 0.774. The Morgan fingerprint density at radius 2 is 2.00 bits per heavy atom. The van der Waals surface area contributed by atoms with E-state index in [1.165, 1.54) is 0 Å². The maximum absolute atomic E-state index is 5.15. The number of rotatable bonds is 4. The van der Waals surface area contributed by atoms with Crippen LogP contribution in [-0.4, -0.2) is 25.4 Å². The van der Waals surface area contributed by atoms with Crippen LogP contribution in [0.5, 0.6) is 11.6 Å². The van der Waals surface area contributed by atoms with Crippen molar-refractivity contribution >= 4 is 11.9 Å². The molecule has 4 heteroatoms. The summed E-state index contributed by atoms with van der Waals surface area (Å²) in [5.41, 5.74) is 1.66. The molecule has 0 N–H and O–H groups in total. The second-order valence-electron chi connectivity index (χ2n) is 3.56. The van der Waals surface area contributed by atoms with E-state index in [4.69, 9.17) is 9.47 Å². The smallest absolute Gasteiger partial charge is 0.221 e. The molecule has 0 aliphatic rings. The van der Waals surface area contributed by atoms with Crippen LogP contribution in [0.3, 0.4) is 0 Å². The Labute approximate surface area is 106 Å². The zero-order valence-corrected chi connectivity index (χ0v) is 10.3. The van der Waals surface area contributed by atoms with Crippen LogP contribution in [0.4, 0.5) is 5.69 Å². The summed E-state index contributed by atoms with van der Waals surface area (Å²) in [6.07, 6.45) is 3.41. The summed E-state index contributed by atoms with van der Waals surface area (Å²) in [5.74, 6) is 1.34. The summed E-state index contributed by atoms with van der Waals surface area (Å²) in [5, 5.41) is 0. The van der Waals surface area contributed by atoms with E-state index in [-0.39, 0.29) is 0 Å². The maximum atomic E-state index is 5.15. The number of pyridine rings is 1. The number of hydrogen-bond donors (Lipinski definition) is 0. The molecule has 0 aliphatic heterocycles. The molecular formula is C14H14N2O2. The third-order valence-corrected chi connectivity index (χ3v) is 2.40. The Balaban J connectivity index is 2.24. The summed E-state index contributed by atoms with van der Waals surface area (Å²) < 4.78 is 10.3. The first kappa shape index (κ1) is 12.1. The lowest BCUT2D eigenvalue weighted by Gasteiger charge is -2.02. The molecule has 0 saturated carbocycles. The number of ether oxygens (including phenoxy) is 2. The van der Waals surface area contributed by atoms with Gasteiger partial charge in [0.05, 0.1) is 25.5 Å². The fourth-order valence-electron chi connectivity index (χ4n) is 1.51. The van der Waals surface area contributed by atoms with Crippen LogP contribution in [0.15, 0.2) is 47.6 Å². The SMILES string of the molecule is COc1cccc(/N=C/c2cccnc2OC)c1. The van der Waals surface area contributed by atoms with Crippen LogP contribution in [0.25, 0.3) is 0 Å². The number of benzene rings is 1. The fraction of sp³-hybridized carbons (Fsp3) is 0.143. The van der Waals surface area contributed by atoms with E-state index in [0.29, 0.717) is 5.88 Å². The summed E-state index contributed by atoms with van der Waals surface area (Å²) in [6, 6.07) is 11.3. The lowest BCUT2D eigenvalue weighted by Crippen LogP contribution is -1.92. The molecule has 2 rings (SSSR count). The Morgan fingerprint density at radius 1 is 1.11 bits per heavy atom. The van der Waals surface area contributed by atoms with E-state index in [1.54, 1.807) is 26.6 Å². The number of aromatic nitrogens is 1. The van der Waals surface area contributed by atoms with Gasteiger partial charge in [-0.15, -0.1) is 0 Å². The standard InChI is InChI=1S/C14H14N2O2/c1-17-13-7-3-6-12(9-13)16-10-11-5-4-8-15-14(11)18-2/h3-10H,1-2H3/b16-10+. The van der Waals surface area contributed by atoms with Crippen molar-refractivity contribution in [3.05, 3.63) is 48.2 Å². The van der Waals surface area contributed by atoms with Crippen LogP contribution in [-0.2, 0) is 0 Å². The van der Waals surface area contributed by atoms with Crippen LogP contribution in [0.1, 0.15) is 5.56 Å². The number of hydrogen-bond acceptors (Lipinski definition) is 4. The van der Waals surface area contributed by atoms with Gasteiger partial charge in [0.1, 0.15) is 5.75 Å². The molecule has 0 fully saturated rings. The van der Waals surface area contributed by atoms with E-state index in [1.807, 2.05) is 36.4 Å². The largest absolute Gasteiger partial charge is 0.497 e. The van der Waals surface area contributed by atoms with Crippen LogP contribution >= 0.6 is 0 Å². The molecule has 18 heavy (non-hydrogen) atoms. The van der Waals surface area contributed by atoms with Gasteiger partial charge in [0.25, 0.3) is 0 Å². The van der Waals surface area contributed by atoms with Crippen molar-refractivity contribution in [2.45, 2.75) is 0 Å². The second-order valence-corrected chi connectivity index (χ2v) is 3.56. The van der Waals surface area contributed by atoms with Gasteiger partial charge in [-0.1, -0.05) is 6.07 Å². The monoisotopic (exact) mass is 242 g/mol. The van der Waals surface area contributed by atoms with Crippen molar-refractivity contribution in [1.82, 2.24) is 4.98 Å². The molecule has 0 bridgehead atoms. The average molecular weight is 242 g/mol. The molecule has 0 spiro atoms. The summed E-state index contributed by atoms with van der Waals surface area (Å²) >= 11 is 0. The van der Waals surface area contributed by atoms with Gasteiger partial charge >= 0.3 is 0 Å². The molecule has 0 aliphatic carbocycles. The van der Waals surface area contributed by atoms with E-state index >= 15 is 0 Å². The van der Waals surface area contributed by atoms with Gasteiger partial charge < -0.3 is 9.47 Å². The lowest BCUT2D eigenvalue weighted by atomic mass is 10.3. The molecule has 4 nitrogen and oxygen atoms in total. The van der Waals surface area contributed by atoms with Gasteiger partial charge in [-0.3, -0.25) is 4.99 Å². The van der Waals surface area contributed by atoms with Gasteiger partial charge in [-0.05, 0) is 24.3 Å². The first-order valence-corrected chi connectivity index (χ1v) is 5.50. The Kier molecular flexibility index (Phi) is 3.91. The zero-order valence-electron chi connectivity index (χ0n) is 10.3. The fourth-order valence-corrected chi connectivity index (χ4v) is 1.51. The molecule has 0 amide bonds. The highest BCUT2D eigenvalue weighted by Crippen LogP contribution is 2.20. The maximum Gasteiger partial charge on any atom is 0.221 e. The summed E-state index contributed by atoms with van der Waals surface area (Å²) in [4.78, 5) is 8.47. The first-order valence-electron chi connectivity index (χ1n) is 5.50. The van der Waals surface area contributed by atoms with Crippen molar-refractivity contribution < 1.29 is 9.47 Å². The predicted octanol–water partition coefficient (Wildman–Crippen LogP) is 2.85. The molecular weight excluding hydrogens is 228 g/mol. The molecule has 1 heterocycles. The highest BCUT2D eigenvalue weighted by molar-refractivity contribution is 5.84. The zero-order chi connectivity index (χ0) is 12.8. The Hall–Kier alpha value is -2.36.